The van der Waals surface area contributed by atoms with Crippen molar-refractivity contribution in [2.75, 3.05) is 19.6 Å². The van der Waals surface area contributed by atoms with Crippen molar-refractivity contribution in [1.29, 1.82) is 0 Å². The Kier molecular flexibility index (Phi) is 4.12. The zero-order valence-electron chi connectivity index (χ0n) is 9.30. The molecule has 92 valence electrons. The lowest BCUT2D eigenvalue weighted by atomic mass is 10.1. The molecule has 0 bridgehead atoms. The predicted molar refractivity (Wildman–Crippen MR) is 67.4 cm³/mol. The highest BCUT2D eigenvalue weighted by Gasteiger charge is 2.16. The maximum absolute atomic E-state index is 13.1. The first-order valence-electron chi connectivity index (χ1n) is 5.60. The van der Waals surface area contributed by atoms with Crippen LogP contribution in [0, 0.1) is 11.7 Å². The van der Waals surface area contributed by atoms with Crippen LogP contribution in [-0.4, -0.2) is 25.5 Å². The van der Waals surface area contributed by atoms with Gasteiger partial charge < -0.3 is 10.6 Å². The highest BCUT2D eigenvalue weighted by atomic mass is 79.9. The summed E-state index contributed by atoms with van der Waals surface area (Å²) in [6.45, 7) is 2.58. The van der Waals surface area contributed by atoms with Gasteiger partial charge in [0.15, 0.2) is 0 Å². The Morgan fingerprint density at radius 2 is 2.35 bits per heavy atom. The number of benzene rings is 1. The lowest BCUT2D eigenvalue weighted by molar-refractivity contribution is 0.0947. The minimum Gasteiger partial charge on any atom is -0.352 e. The summed E-state index contributed by atoms with van der Waals surface area (Å²) < 4.78 is 13.7. The normalized spacial score (nSPS) is 19.3. The Labute approximate surface area is 108 Å². The molecule has 1 aliphatic rings. The van der Waals surface area contributed by atoms with E-state index in [0.717, 1.165) is 19.5 Å². The van der Waals surface area contributed by atoms with Crippen LogP contribution in [0.3, 0.4) is 0 Å². The number of carbonyl (C=O) groups excluding carboxylic acids is 1. The molecule has 2 rings (SSSR count). The van der Waals surface area contributed by atoms with Crippen LogP contribution < -0.4 is 10.6 Å². The molecule has 1 fully saturated rings. The Hall–Kier alpha value is -0.940. The molecule has 5 heteroatoms. The maximum Gasteiger partial charge on any atom is 0.251 e. The first-order chi connectivity index (χ1) is 8.15. The molecule has 0 saturated carbocycles. The molecule has 1 unspecified atom stereocenters. The van der Waals surface area contributed by atoms with Gasteiger partial charge in [-0.05, 0) is 43.6 Å². The van der Waals surface area contributed by atoms with Gasteiger partial charge in [0.1, 0.15) is 5.82 Å². The number of rotatable bonds is 3. The molecule has 1 heterocycles. The molecule has 0 radical (unpaired) electrons. The van der Waals surface area contributed by atoms with E-state index in [0.29, 0.717) is 22.5 Å². The number of halogens is 2. The van der Waals surface area contributed by atoms with E-state index in [1.807, 2.05) is 0 Å². The molecule has 0 aromatic heterocycles. The standard InChI is InChI=1S/C12H14BrFN2O/c13-10-3-9(4-11(14)5-10)12(17)16-7-8-1-2-15-6-8/h3-5,8,15H,1-2,6-7H2,(H,16,17). The number of carbonyl (C=O) groups is 1. The molecule has 0 spiro atoms. The third kappa shape index (κ3) is 3.51. The second kappa shape index (κ2) is 5.60. The van der Waals surface area contributed by atoms with E-state index >= 15 is 0 Å². The second-order valence-electron chi connectivity index (χ2n) is 4.23. The second-order valence-corrected chi connectivity index (χ2v) is 5.14. The molecule has 2 N–H and O–H groups in total. The smallest absolute Gasteiger partial charge is 0.251 e. The molecule has 1 aromatic carbocycles. The van der Waals surface area contributed by atoms with Gasteiger partial charge in [-0.1, -0.05) is 15.9 Å². The molecule has 1 atom stereocenters. The van der Waals surface area contributed by atoms with E-state index < -0.39 is 5.82 Å². The fourth-order valence-electron chi connectivity index (χ4n) is 1.91. The van der Waals surface area contributed by atoms with Crippen LogP contribution >= 0.6 is 15.9 Å². The zero-order valence-corrected chi connectivity index (χ0v) is 10.9. The predicted octanol–water partition coefficient (Wildman–Crippen LogP) is 1.93. The largest absolute Gasteiger partial charge is 0.352 e. The van der Waals surface area contributed by atoms with Crippen molar-refractivity contribution in [1.82, 2.24) is 10.6 Å². The summed E-state index contributed by atoms with van der Waals surface area (Å²) >= 11 is 3.17. The van der Waals surface area contributed by atoms with E-state index in [2.05, 4.69) is 26.6 Å². The molecule has 1 amide bonds. The van der Waals surface area contributed by atoms with Crippen LogP contribution in [0.2, 0.25) is 0 Å². The molecule has 1 saturated heterocycles. The van der Waals surface area contributed by atoms with Gasteiger partial charge in [0.25, 0.3) is 5.91 Å². The molecule has 1 aliphatic heterocycles. The summed E-state index contributed by atoms with van der Waals surface area (Å²) in [5.41, 5.74) is 0.350. The van der Waals surface area contributed by atoms with Crippen molar-refractivity contribution in [2.45, 2.75) is 6.42 Å². The summed E-state index contributed by atoms with van der Waals surface area (Å²) in [7, 11) is 0. The third-order valence-corrected chi connectivity index (χ3v) is 3.30. The van der Waals surface area contributed by atoms with Gasteiger partial charge >= 0.3 is 0 Å². The van der Waals surface area contributed by atoms with E-state index in [1.165, 1.54) is 12.1 Å². The minimum atomic E-state index is -0.410. The highest BCUT2D eigenvalue weighted by molar-refractivity contribution is 9.10. The van der Waals surface area contributed by atoms with Crippen molar-refractivity contribution < 1.29 is 9.18 Å². The zero-order chi connectivity index (χ0) is 12.3. The molecular weight excluding hydrogens is 287 g/mol. The Morgan fingerprint density at radius 1 is 1.53 bits per heavy atom. The monoisotopic (exact) mass is 300 g/mol. The number of hydrogen-bond acceptors (Lipinski definition) is 2. The fraction of sp³-hybridized carbons (Fsp3) is 0.417. The molecule has 17 heavy (non-hydrogen) atoms. The molecular formula is C12H14BrFN2O. The summed E-state index contributed by atoms with van der Waals surface area (Å²) in [4.78, 5) is 11.8. The van der Waals surface area contributed by atoms with Gasteiger partial charge in [0, 0.05) is 16.6 Å². The summed E-state index contributed by atoms with van der Waals surface area (Å²) in [6.07, 6.45) is 1.08. The van der Waals surface area contributed by atoms with Crippen LogP contribution in [0.4, 0.5) is 4.39 Å². The van der Waals surface area contributed by atoms with Gasteiger partial charge in [-0.2, -0.15) is 0 Å². The van der Waals surface area contributed by atoms with Gasteiger partial charge in [-0.15, -0.1) is 0 Å². The van der Waals surface area contributed by atoms with Gasteiger partial charge in [0.05, 0.1) is 0 Å². The van der Waals surface area contributed by atoms with Crippen molar-refractivity contribution in [3.63, 3.8) is 0 Å². The lowest BCUT2D eigenvalue weighted by Gasteiger charge is -2.10. The SMILES string of the molecule is O=C(NCC1CCNC1)c1cc(F)cc(Br)c1. The Balaban J connectivity index is 1.94. The number of nitrogens with one attached hydrogen (secondary N) is 2. The highest BCUT2D eigenvalue weighted by Crippen LogP contribution is 2.15. The van der Waals surface area contributed by atoms with Crippen LogP contribution in [0.5, 0.6) is 0 Å². The Bertz CT molecular complexity index is 399. The maximum atomic E-state index is 13.1. The van der Waals surface area contributed by atoms with Gasteiger partial charge in [0.2, 0.25) is 0 Å². The lowest BCUT2D eigenvalue weighted by Crippen LogP contribution is -2.30. The molecule has 3 nitrogen and oxygen atoms in total. The van der Waals surface area contributed by atoms with E-state index in [1.54, 1.807) is 6.07 Å². The minimum absolute atomic E-state index is 0.225. The van der Waals surface area contributed by atoms with Gasteiger partial charge in [-0.3, -0.25) is 4.79 Å². The van der Waals surface area contributed by atoms with E-state index in [9.17, 15) is 9.18 Å². The van der Waals surface area contributed by atoms with E-state index in [4.69, 9.17) is 0 Å². The average molecular weight is 301 g/mol. The molecule has 1 aromatic rings. The van der Waals surface area contributed by atoms with Crippen molar-refractivity contribution >= 4 is 21.8 Å². The topological polar surface area (TPSA) is 41.1 Å². The average Bonchev–Trinajstić information content (AvgIpc) is 2.77. The number of hydrogen-bond donors (Lipinski definition) is 2. The molecule has 0 aliphatic carbocycles. The van der Waals surface area contributed by atoms with Crippen molar-refractivity contribution in [2.24, 2.45) is 5.92 Å². The summed E-state index contributed by atoms with van der Waals surface area (Å²) in [5.74, 6) is -0.153. The van der Waals surface area contributed by atoms with Crippen LogP contribution in [0.25, 0.3) is 0 Å². The van der Waals surface area contributed by atoms with Crippen molar-refractivity contribution in [3.05, 3.63) is 34.1 Å². The quantitative estimate of drug-likeness (QED) is 0.895. The number of amides is 1. The van der Waals surface area contributed by atoms with Crippen LogP contribution in [0.15, 0.2) is 22.7 Å². The van der Waals surface area contributed by atoms with Crippen LogP contribution in [-0.2, 0) is 0 Å². The third-order valence-electron chi connectivity index (χ3n) is 2.84. The summed E-state index contributed by atoms with van der Waals surface area (Å²) in [6, 6.07) is 4.19. The van der Waals surface area contributed by atoms with Gasteiger partial charge in [-0.25, -0.2) is 4.39 Å². The fourth-order valence-corrected chi connectivity index (χ4v) is 2.38. The van der Waals surface area contributed by atoms with Crippen molar-refractivity contribution in [3.8, 4) is 0 Å². The van der Waals surface area contributed by atoms with E-state index in [-0.39, 0.29) is 5.91 Å². The van der Waals surface area contributed by atoms with Crippen LogP contribution in [0.1, 0.15) is 16.8 Å². The first-order valence-corrected chi connectivity index (χ1v) is 6.39. The summed E-state index contributed by atoms with van der Waals surface area (Å²) in [5, 5.41) is 6.06. The first kappa shape index (κ1) is 12.5. The Morgan fingerprint density at radius 3 is 3.00 bits per heavy atom.